The molecule has 1 N–H and O–H groups in total. The van der Waals surface area contributed by atoms with Crippen molar-refractivity contribution in [1.82, 2.24) is 10.4 Å². The van der Waals surface area contributed by atoms with Crippen molar-refractivity contribution in [3.63, 3.8) is 0 Å². The minimum absolute atomic E-state index is 0.715. The van der Waals surface area contributed by atoms with Crippen LogP contribution in [0.2, 0.25) is 0 Å². The van der Waals surface area contributed by atoms with Gasteiger partial charge in [-0.05, 0) is 24.7 Å². The van der Waals surface area contributed by atoms with E-state index in [0.717, 1.165) is 31.6 Å². The van der Waals surface area contributed by atoms with Crippen molar-refractivity contribution in [1.29, 1.82) is 0 Å². The zero-order valence-electron chi connectivity index (χ0n) is 9.33. The third-order valence-electron chi connectivity index (χ3n) is 3.56. The van der Waals surface area contributed by atoms with Gasteiger partial charge < -0.3 is 4.74 Å². The van der Waals surface area contributed by atoms with Gasteiger partial charge in [0.25, 0.3) is 0 Å². The van der Waals surface area contributed by atoms with Crippen molar-refractivity contribution < 1.29 is 4.74 Å². The summed E-state index contributed by atoms with van der Waals surface area (Å²) in [5.74, 6) is 1.63. The van der Waals surface area contributed by atoms with Crippen LogP contribution in [0.3, 0.4) is 0 Å². The van der Waals surface area contributed by atoms with Crippen LogP contribution in [-0.2, 0) is 4.74 Å². The summed E-state index contributed by atoms with van der Waals surface area (Å²) in [5.41, 5.74) is 3.54. The van der Waals surface area contributed by atoms with Gasteiger partial charge in [0.1, 0.15) is 0 Å². The molecule has 14 heavy (non-hydrogen) atoms. The molecule has 0 aromatic rings. The van der Waals surface area contributed by atoms with E-state index in [9.17, 15) is 0 Å². The summed E-state index contributed by atoms with van der Waals surface area (Å²) in [6, 6.07) is 0.715. The second-order valence-electron chi connectivity index (χ2n) is 4.86. The minimum Gasteiger partial charge on any atom is -0.381 e. The van der Waals surface area contributed by atoms with Gasteiger partial charge in [-0.25, -0.2) is 5.01 Å². The first-order valence-corrected chi connectivity index (χ1v) is 5.85. The molecule has 1 atom stereocenters. The molecule has 0 spiro atoms. The van der Waals surface area contributed by atoms with Gasteiger partial charge in [0.05, 0.1) is 0 Å². The fourth-order valence-corrected chi connectivity index (χ4v) is 2.34. The van der Waals surface area contributed by atoms with Crippen molar-refractivity contribution in [3.8, 4) is 0 Å². The van der Waals surface area contributed by atoms with Gasteiger partial charge in [-0.1, -0.05) is 13.8 Å². The molecule has 0 amide bonds. The average Bonchev–Trinajstić information content (AvgIpc) is 2.68. The van der Waals surface area contributed by atoms with Gasteiger partial charge in [0, 0.05) is 32.3 Å². The summed E-state index contributed by atoms with van der Waals surface area (Å²) in [5, 5.41) is 2.45. The predicted molar refractivity (Wildman–Crippen MR) is 56.9 cm³/mol. The number of hydrogen-bond donors (Lipinski definition) is 1. The van der Waals surface area contributed by atoms with Gasteiger partial charge in [-0.3, -0.25) is 5.43 Å². The highest BCUT2D eigenvalue weighted by molar-refractivity contribution is 4.81. The molecule has 3 nitrogen and oxygen atoms in total. The molecule has 0 aromatic heterocycles. The SMILES string of the molecule is CC(C)C1CNN(C2CCOCC2)C1. The molecule has 2 heterocycles. The van der Waals surface area contributed by atoms with Crippen molar-refractivity contribution in [2.75, 3.05) is 26.3 Å². The van der Waals surface area contributed by atoms with Crippen LogP contribution < -0.4 is 5.43 Å². The second kappa shape index (κ2) is 4.60. The molecule has 2 fully saturated rings. The smallest absolute Gasteiger partial charge is 0.0481 e. The van der Waals surface area contributed by atoms with Gasteiger partial charge in [-0.15, -0.1) is 0 Å². The molecule has 0 radical (unpaired) electrons. The largest absolute Gasteiger partial charge is 0.381 e. The zero-order chi connectivity index (χ0) is 9.97. The van der Waals surface area contributed by atoms with Crippen LogP contribution in [0.5, 0.6) is 0 Å². The standard InChI is InChI=1S/C11H22N2O/c1-9(2)10-7-12-13(8-10)11-3-5-14-6-4-11/h9-12H,3-8H2,1-2H3. The maximum absolute atomic E-state index is 5.38. The van der Waals surface area contributed by atoms with Gasteiger partial charge >= 0.3 is 0 Å². The van der Waals surface area contributed by atoms with Crippen LogP contribution in [0, 0.1) is 11.8 Å². The normalized spacial score (nSPS) is 31.5. The Bertz CT molecular complexity index is 178. The third-order valence-corrected chi connectivity index (χ3v) is 3.56. The summed E-state index contributed by atoms with van der Waals surface area (Å²) >= 11 is 0. The molecule has 0 aliphatic carbocycles. The molecule has 2 aliphatic heterocycles. The summed E-state index contributed by atoms with van der Waals surface area (Å²) in [7, 11) is 0. The molecule has 82 valence electrons. The molecule has 2 saturated heterocycles. The highest BCUT2D eigenvalue weighted by Crippen LogP contribution is 2.21. The van der Waals surface area contributed by atoms with E-state index in [1.807, 2.05) is 0 Å². The topological polar surface area (TPSA) is 24.5 Å². The van der Waals surface area contributed by atoms with Crippen LogP contribution in [0.25, 0.3) is 0 Å². The maximum atomic E-state index is 5.38. The van der Waals surface area contributed by atoms with E-state index >= 15 is 0 Å². The Labute approximate surface area is 86.8 Å². The Morgan fingerprint density at radius 2 is 2.00 bits per heavy atom. The van der Waals surface area contributed by atoms with Crippen molar-refractivity contribution in [2.24, 2.45) is 11.8 Å². The summed E-state index contributed by atoms with van der Waals surface area (Å²) in [6.45, 7) is 8.90. The number of hydrogen-bond acceptors (Lipinski definition) is 3. The number of hydrazine groups is 1. The van der Waals surface area contributed by atoms with E-state index in [4.69, 9.17) is 4.74 Å². The fourth-order valence-electron chi connectivity index (χ4n) is 2.34. The lowest BCUT2D eigenvalue weighted by molar-refractivity contribution is 0.0251. The summed E-state index contributed by atoms with van der Waals surface area (Å²) < 4.78 is 5.38. The van der Waals surface area contributed by atoms with E-state index in [0.29, 0.717) is 6.04 Å². The van der Waals surface area contributed by atoms with Crippen LogP contribution >= 0.6 is 0 Å². The molecule has 3 heteroatoms. The van der Waals surface area contributed by atoms with Gasteiger partial charge in [-0.2, -0.15) is 0 Å². The van der Waals surface area contributed by atoms with Crippen molar-refractivity contribution in [2.45, 2.75) is 32.7 Å². The number of ether oxygens (including phenoxy) is 1. The molecule has 2 rings (SSSR count). The fraction of sp³-hybridized carbons (Fsp3) is 1.00. The number of nitrogens with one attached hydrogen (secondary N) is 1. The highest BCUT2D eigenvalue weighted by Gasteiger charge is 2.30. The van der Waals surface area contributed by atoms with Crippen LogP contribution in [0.15, 0.2) is 0 Å². The first-order chi connectivity index (χ1) is 6.77. The molecular formula is C11H22N2O. The summed E-state index contributed by atoms with van der Waals surface area (Å²) in [4.78, 5) is 0. The Hall–Kier alpha value is -0.120. The quantitative estimate of drug-likeness (QED) is 0.723. The van der Waals surface area contributed by atoms with Crippen molar-refractivity contribution >= 4 is 0 Å². The lowest BCUT2D eigenvalue weighted by atomic mass is 9.97. The van der Waals surface area contributed by atoms with E-state index in [1.54, 1.807) is 0 Å². The number of nitrogens with zero attached hydrogens (tertiary/aromatic N) is 1. The van der Waals surface area contributed by atoms with E-state index < -0.39 is 0 Å². The van der Waals surface area contributed by atoms with Crippen molar-refractivity contribution in [3.05, 3.63) is 0 Å². The van der Waals surface area contributed by atoms with Crippen LogP contribution in [0.4, 0.5) is 0 Å². The second-order valence-corrected chi connectivity index (χ2v) is 4.86. The Morgan fingerprint density at radius 1 is 1.29 bits per heavy atom. The molecular weight excluding hydrogens is 176 g/mol. The van der Waals surface area contributed by atoms with Gasteiger partial charge in [0.2, 0.25) is 0 Å². The number of rotatable bonds is 2. The molecule has 1 unspecified atom stereocenters. The Morgan fingerprint density at radius 3 is 2.57 bits per heavy atom. The molecule has 2 aliphatic rings. The van der Waals surface area contributed by atoms with Gasteiger partial charge in [0.15, 0.2) is 0 Å². The summed E-state index contributed by atoms with van der Waals surface area (Å²) in [6.07, 6.45) is 2.38. The highest BCUT2D eigenvalue weighted by atomic mass is 16.5. The lowest BCUT2D eigenvalue weighted by Gasteiger charge is -2.30. The Balaban J connectivity index is 1.82. The third kappa shape index (κ3) is 2.27. The van der Waals surface area contributed by atoms with E-state index in [-0.39, 0.29) is 0 Å². The monoisotopic (exact) mass is 198 g/mol. The Kier molecular flexibility index (Phi) is 3.42. The minimum atomic E-state index is 0.715. The zero-order valence-corrected chi connectivity index (χ0v) is 9.33. The molecule has 0 saturated carbocycles. The van der Waals surface area contributed by atoms with E-state index in [1.165, 1.54) is 19.4 Å². The maximum Gasteiger partial charge on any atom is 0.0481 e. The average molecular weight is 198 g/mol. The predicted octanol–water partition coefficient (Wildman–Crippen LogP) is 1.26. The van der Waals surface area contributed by atoms with Crippen LogP contribution in [-0.4, -0.2) is 37.4 Å². The first-order valence-electron chi connectivity index (χ1n) is 5.85. The lowest BCUT2D eigenvalue weighted by Crippen LogP contribution is -2.43. The molecule has 0 aromatic carbocycles. The first kappa shape index (κ1) is 10.4. The molecule has 0 bridgehead atoms. The van der Waals surface area contributed by atoms with E-state index in [2.05, 4.69) is 24.3 Å². The van der Waals surface area contributed by atoms with Crippen LogP contribution in [0.1, 0.15) is 26.7 Å².